The first-order valence-electron chi connectivity index (χ1n) is 6.56. The third kappa shape index (κ3) is 3.92. The average Bonchev–Trinajstić information content (AvgIpc) is 2.92. The maximum atomic E-state index is 8.95. The number of thiophene rings is 1. The van der Waals surface area contributed by atoms with Gasteiger partial charge in [0.1, 0.15) is 0 Å². The maximum absolute atomic E-state index is 8.95. The van der Waals surface area contributed by atoms with Crippen LogP contribution in [0.5, 0.6) is 0 Å². The number of nitrogens with one attached hydrogen (secondary N) is 1. The molecule has 2 aromatic rings. The number of hydrogen-bond acceptors (Lipinski definition) is 3. The largest absolute Gasteiger partial charge is 0.304 e. The van der Waals surface area contributed by atoms with Crippen LogP contribution in [0.25, 0.3) is 0 Å². The van der Waals surface area contributed by atoms with E-state index in [9.17, 15) is 0 Å². The van der Waals surface area contributed by atoms with Gasteiger partial charge in [0.05, 0.1) is 12.5 Å². The van der Waals surface area contributed by atoms with E-state index in [1.54, 1.807) is 0 Å². The molecule has 0 bridgehead atoms. The highest BCUT2D eigenvalue weighted by Gasteiger charge is 2.10. The summed E-state index contributed by atoms with van der Waals surface area (Å²) in [7, 11) is 0. The number of benzene rings is 1. The molecule has 0 aliphatic heterocycles. The van der Waals surface area contributed by atoms with Crippen LogP contribution in [0.15, 0.2) is 42.5 Å². The fourth-order valence-electron chi connectivity index (χ4n) is 2.02. The first-order valence-corrected chi connectivity index (χ1v) is 7.38. The molecule has 0 amide bonds. The van der Waals surface area contributed by atoms with E-state index in [2.05, 4.69) is 42.6 Å². The summed E-state index contributed by atoms with van der Waals surface area (Å²) in [5.74, 6) is 0. The molecule has 1 N–H and O–H groups in total. The lowest BCUT2D eigenvalue weighted by Crippen LogP contribution is -2.20. The summed E-state index contributed by atoms with van der Waals surface area (Å²) in [6.45, 7) is 3.00. The van der Waals surface area contributed by atoms with Gasteiger partial charge in [0.15, 0.2) is 0 Å². The van der Waals surface area contributed by atoms with E-state index in [0.717, 1.165) is 13.0 Å². The number of rotatable bonds is 6. The molecule has 2 rings (SSSR count). The van der Waals surface area contributed by atoms with E-state index in [-0.39, 0.29) is 6.04 Å². The Kier molecular flexibility index (Phi) is 5.14. The lowest BCUT2D eigenvalue weighted by molar-refractivity contribution is 0.546. The van der Waals surface area contributed by atoms with Crippen molar-refractivity contribution in [2.45, 2.75) is 32.4 Å². The van der Waals surface area contributed by atoms with Gasteiger partial charge in [-0.1, -0.05) is 37.3 Å². The molecule has 1 unspecified atom stereocenters. The second-order valence-electron chi connectivity index (χ2n) is 4.43. The van der Waals surface area contributed by atoms with Gasteiger partial charge in [-0.15, -0.1) is 11.3 Å². The first-order chi connectivity index (χ1) is 9.33. The molecule has 1 heterocycles. The zero-order valence-electron chi connectivity index (χ0n) is 11.1. The summed E-state index contributed by atoms with van der Waals surface area (Å²) >= 11 is 1.84. The van der Waals surface area contributed by atoms with Crippen molar-refractivity contribution in [3.05, 3.63) is 57.8 Å². The van der Waals surface area contributed by atoms with Gasteiger partial charge in [-0.2, -0.15) is 5.26 Å². The van der Waals surface area contributed by atoms with Gasteiger partial charge >= 0.3 is 0 Å². The normalized spacial score (nSPS) is 12.0. The average molecular weight is 270 g/mol. The lowest BCUT2D eigenvalue weighted by Gasteiger charge is -2.15. The van der Waals surface area contributed by atoms with Crippen LogP contribution in [-0.2, 0) is 13.0 Å². The van der Waals surface area contributed by atoms with Gasteiger partial charge in [-0.05, 0) is 24.1 Å². The molecule has 1 atom stereocenters. The molecule has 3 heteroatoms. The molecule has 0 spiro atoms. The Balaban J connectivity index is 2.00. The van der Waals surface area contributed by atoms with Crippen LogP contribution in [-0.4, -0.2) is 0 Å². The number of nitrogens with zero attached hydrogens (tertiary/aromatic N) is 1. The number of nitriles is 1. The molecule has 1 aromatic heterocycles. The zero-order chi connectivity index (χ0) is 13.5. The Hall–Kier alpha value is -1.63. The molecule has 2 nitrogen and oxygen atoms in total. The molecular weight excluding hydrogens is 252 g/mol. The Morgan fingerprint density at radius 3 is 2.53 bits per heavy atom. The summed E-state index contributed by atoms with van der Waals surface area (Å²) in [4.78, 5) is 2.74. The van der Waals surface area contributed by atoms with Crippen molar-refractivity contribution in [3.63, 3.8) is 0 Å². The second kappa shape index (κ2) is 7.08. The molecule has 0 aliphatic rings. The van der Waals surface area contributed by atoms with Gasteiger partial charge in [0.25, 0.3) is 0 Å². The van der Waals surface area contributed by atoms with E-state index in [0.29, 0.717) is 6.42 Å². The quantitative estimate of drug-likeness (QED) is 0.859. The van der Waals surface area contributed by atoms with E-state index < -0.39 is 0 Å². The van der Waals surface area contributed by atoms with Gasteiger partial charge in [0.2, 0.25) is 0 Å². The first kappa shape index (κ1) is 13.8. The number of hydrogen-bond donors (Lipinski definition) is 1. The number of aryl methyl sites for hydroxylation is 1. The van der Waals surface area contributed by atoms with E-state index in [1.165, 1.54) is 15.3 Å². The van der Waals surface area contributed by atoms with Gasteiger partial charge < -0.3 is 5.32 Å². The van der Waals surface area contributed by atoms with Crippen molar-refractivity contribution < 1.29 is 0 Å². The molecule has 0 radical (unpaired) electrons. The fourth-order valence-corrected chi connectivity index (χ4v) is 2.92. The summed E-state index contributed by atoms with van der Waals surface area (Å²) < 4.78 is 0. The molecule has 0 aliphatic carbocycles. The minimum Gasteiger partial charge on any atom is -0.304 e. The Morgan fingerprint density at radius 2 is 1.89 bits per heavy atom. The third-order valence-electron chi connectivity index (χ3n) is 3.09. The summed E-state index contributed by atoms with van der Waals surface area (Å²) in [6.07, 6.45) is 1.58. The SMILES string of the molecule is CCc1ccc(CNC(CC#N)c2ccccc2)s1. The van der Waals surface area contributed by atoms with Gasteiger partial charge in [-0.3, -0.25) is 0 Å². The van der Waals surface area contributed by atoms with Gasteiger partial charge in [-0.25, -0.2) is 0 Å². The van der Waals surface area contributed by atoms with Crippen LogP contribution in [0.2, 0.25) is 0 Å². The van der Waals surface area contributed by atoms with Crippen LogP contribution in [0.3, 0.4) is 0 Å². The summed E-state index contributed by atoms with van der Waals surface area (Å²) in [5, 5.41) is 12.4. The molecule has 1 aromatic carbocycles. The van der Waals surface area contributed by atoms with Crippen LogP contribution in [0.1, 0.15) is 34.7 Å². The molecule has 98 valence electrons. The van der Waals surface area contributed by atoms with E-state index in [1.807, 2.05) is 29.5 Å². The van der Waals surface area contributed by atoms with Crippen molar-refractivity contribution in [2.24, 2.45) is 0 Å². The second-order valence-corrected chi connectivity index (χ2v) is 5.68. The minimum atomic E-state index is 0.110. The zero-order valence-corrected chi connectivity index (χ0v) is 11.9. The highest BCUT2D eigenvalue weighted by Crippen LogP contribution is 2.20. The predicted octanol–water partition coefficient (Wildman–Crippen LogP) is 4.06. The maximum Gasteiger partial charge on any atom is 0.0641 e. The van der Waals surface area contributed by atoms with Crippen LogP contribution in [0.4, 0.5) is 0 Å². The Morgan fingerprint density at radius 1 is 1.16 bits per heavy atom. The van der Waals surface area contributed by atoms with Crippen molar-refractivity contribution in [2.75, 3.05) is 0 Å². The molecule has 0 saturated carbocycles. The molecule has 0 saturated heterocycles. The molecular formula is C16H18N2S. The third-order valence-corrected chi connectivity index (χ3v) is 4.32. The minimum absolute atomic E-state index is 0.110. The van der Waals surface area contributed by atoms with E-state index in [4.69, 9.17) is 5.26 Å². The molecule has 19 heavy (non-hydrogen) atoms. The van der Waals surface area contributed by atoms with Crippen LogP contribution in [0, 0.1) is 11.3 Å². The van der Waals surface area contributed by atoms with Crippen molar-refractivity contribution >= 4 is 11.3 Å². The Bertz CT molecular complexity index is 539. The molecule has 0 fully saturated rings. The smallest absolute Gasteiger partial charge is 0.0641 e. The fraction of sp³-hybridized carbons (Fsp3) is 0.312. The van der Waals surface area contributed by atoms with Crippen molar-refractivity contribution in [3.8, 4) is 6.07 Å². The highest BCUT2D eigenvalue weighted by atomic mass is 32.1. The predicted molar refractivity (Wildman–Crippen MR) is 79.9 cm³/mol. The van der Waals surface area contributed by atoms with Gasteiger partial charge in [0, 0.05) is 22.3 Å². The topological polar surface area (TPSA) is 35.8 Å². The van der Waals surface area contributed by atoms with Crippen molar-refractivity contribution in [1.82, 2.24) is 5.32 Å². The Labute approximate surface area is 118 Å². The van der Waals surface area contributed by atoms with Crippen LogP contribution >= 0.6 is 11.3 Å². The standard InChI is InChI=1S/C16H18N2S/c1-2-14-8-9-15(19-14)12-18-16(10-11-17)13-6-4-3-5-7-13/h3-9,16,18H,2,10,12H2,1H3. The van der Waals surface area contributed by atoms with Crippen molar-refractivity contribution in [1.29, 1.82) is 5.26 Å². The monoisotopic (exact) mass is 270 g/mol. The highest BCUT2D eigenvalue weighted by molar-refractivity contribution is 7.11. The van der Waals surface area contributed by atoms with E-state index >= 15 is 0 Å². The van der Waals surface area contributed by atoms with Crippen LogP contribution < -0.4 is 5.32 Å². The lowest BCUT2D eigenvalue weighted by atomic mass is 10.0. The summed E-state index contributed by atoms with van der Waals surface area (Å²) in [5.41, 5.74) is 1.18. The summed E-state index contributed by atoms with van der Waals surface area (Å²) in [6, 6.07) is 16.9.